The van der Waals surface area contributed by atoms with E-state index in [1.54, 1.807) is 14.2 Å². The third kappa shape index (κ3) is 4.60. The molecule has 1 unspecified atom stereocenters. The van der Waals surface area contributed by atoms with E-state index in [1.807, 2.05) is 12.1 Å². The highest BCUT2D eigenvalue weighted by molar-refractivity contribution is 5.44. The quantitative estimate of drug-likeness (QED) is 0.761. The Labute approximate surface area is 116 Å². The first-order chi connectivity index (χ1) is 9.12. The summed E-state index contributed by atoms with van der Waals surface area (Å²) in [6.45, 7) is 7.38. The van der Waals surface area contributed by atoms with Crippen LogP contribution in [0, 0.1) is 0 Å². The van der Waals surface area contributed by atoms with Crippen LogP contribution in [0.15, 0.2) is 29.8 Å². The van der Waals surface area contributed by atoms with Gasteiger partial charge in [0.15, 0.2) is 11.5 Å². The summed E-state index contributed by atoms with van der Waals surface area (Å²) in [7, 11) is 3.32. The van der Waals surface area contributed by atoms with Crippen LogP contribution in [0.3, 0.4) is 0 Å². The Balaban J connectivity index is 3.04. The summed E-state index contributed by atoms with van der Waals surface area (Å²) in [4.78, 5) is 0. The van der Waals surface area contributed by atoms with Crippen LogP contribution in [0.4, 0.5) is 0 Å². The number of hydrogen-bond acceptors (Lipinski definition) is 3. The molecule has 0 aliphatic heterocycles. The van der Waals surface area contributed by atoms with Crippen molar-refractivity contribution in [3.8, 4) is 11.5 Å². The van der Waals surface area contributed by atoms with Crippen LogP contribution in [0.1, 0.15) is 38.8 Å². The Morgan fingerprint density at radius 1 is 1.21 bits per heavy atom. The Kier molecular flexibility index (Phi) is 6.43. The van der Waals surface area contributed by atoms with Crippen molar-refractivity contribution in [2.75, 3.05) is 20.8 Å². The molecule has 1 N–H and O–H groups in total. The van der Waals surface area contributed by atoms with E-state index in [2.05, 4.69) is 38.2 Å². The van der Waals surface area contributed by atoms with Crippen molar-refractivity contribution < 1.29 is 9.47 Å². The minimum Gasteiger partial charge on any atom is -0.493 e. The predicted octanol–water partition coefficient (Wildman–Crippen LogP) is 3.71. The third-order valence-electron chi connectivity index (χ3n) is 2.88. The van der Waals surface area contributed by atoms with E-state index in [4.69, 9.17) is 9.47 Å². The van der Waals surface area contributed by atoms with Crippen molar-refractivity contribution >= 4 is 0 Å². The second-order valence-electron chi connectivity index (χ2n) is 4.79. The Morgan fingerprint density at radius 3 is 2.42 bits per heavy atom. The maximum absolute atomic E-state index is 5.36. The van der Waals surface area contributed by atoms with Gasteiger partial charge in [-0.15, -0.1) is 0 Å². The van der Waals surface area contributed by atoms with E-state index in [9.17, 15) is 0 Å². The van der Waals surface area contributed by atoms with Crippen molar-refractivity contribution in [2.45, 2.75) is 33.2 Å². The van der Waals surface area contributed by atoms with Crippen LogP contribution in [-0.4, -0.2) is 20.8 Å². The first kappa shape index (κ1) is 15.6. The summed E-state index contributed by atoms with van der Waals surface area (Å²) in [5.41, 5.74) is 2.48. The van der Waals surface area contributed by atoms with Gasteiger partial charge in [-0.05, 0) is 44.5 Å². The van der Waals surface area contributed by atoms with Gasteiger partial charge in [-0.1, -0.05) is 24.6 Å². The summed E-state index contributed by atoms with van der Waals surface area (Å²) >= 11 is 0. The first-order valence-electron chi connectivity index (χ1n) is 6.72. The normalized spacial score (nSPS) is 11.8. The molecule has 0 aliphatic rings. The highest BCUT2D eigenvalue weighted by atomic mass is 16.5. The molecule has 0 bridgehead atoms. The summed E-state index contributed by atoms with van der Waals surface area (Å²) in [5, 5.41) is 3.53. The van der Waals surface area contributed by atoms with Gasteiger partial charge in [0.25, 0.3) is 0 Å². The lowest BCUT2D eigenvalue weighted by molar-refractivity contribution is 0.354. The molecule has 3 heteroatoms. The molecule has 0 amide bonds. The highest BCUT2D eigenvalue weighted by Gasteiger charge is 2.11. The topological polar surface area (TPSA) is 30.5 Å². The van der Waals surface area contributed by atoms with Gasteiger partial charge >= 0.3 is 0 Å². The van der Waals surface area contributed by atoms with E-state index in [1.165, 1.54) is 11.1 Å². The van der Waals surface area contributed by atoms with E-state index >= 15 is 0 Å². The minimum atomic E-state index is 0.213. The van der Waals surface area contributed by atoms with Gasteiger partial charge in [-0.25, -0.2) is 0 Å². The molecule has 1 aromatic carbocycles. The first-order valence-corrected chi connectivity index (χ1v) is 6.72. The zero-order chi connectivity index (χ0) is 14.3. The second-order valence-corrected chi connectivity index (χ2v) is 4.79. The molecule has 0 saturated heterocycles. The highest BCUT2D eigenvalue weighted by Crippen LogP contribution is 2.30. The van der Waals surface area contributed by atoms with Gasteiger partial charge in [0.1, 0.15) is 0 Å². The fourth-order valence-electron chi connectivity index (χ4n) is 1.95. The molecule has 0 heterocycles. The van der Waals surface area contributed by atoms with Crippen molar-refractivity contribution in [3.05, 3.63) is 35.4 Å². The number of nitrogens with one attached hydrogen (secondary N) is 1. The predicted molar refractivity (Wildman–Crippen MR) is 80.0 cm³/mol. The fourth-order valence-corrected chi connectivity index (χ4v) is 1.95. The van der Waals surface area contributed by atoms with E-state index in [0.29, 0.717) is 0 Å². The Bertz CT molecular complexity index is 423. The largest absolute Gasteiger partial charge is 0.493 e. The van der Waals surface area contributed by atoms with Crippen LogP contribution in [0.2, 0.25) is 0 Å². The molecule has 19 heavy (non-hydrogen) atoms. The molecular weight excluding hydrogens is 238 g/mol. The molecule has 1 rings (SSSR count). The summed E-state index contributed by atoms with van der Waals surface area (Å²) in [5.74, 6) is 1.53. The number of allylic oxidation sites excluding steroid dienone is 1. The van der Waals surface area contributed by atoms with Crippen molar-refractivity contribution in [1.82, 2.24) is 5.32 Å². The van der Waals surface area contributed by atoms with Crippen molar-refractivity contribution in [1.29, 1.82) is 0 Å². The smallest absolute Gasteiger partial charge is 0.161 e. The molecular formula is C16H25NO2. The lowest BCUT2D eigenvalue weighted by Gasteiger charge is -2.18. The van der Waals surface area contributed by atoms with Crippen molar-refractivity contribution in [3.63, 3.8) is 0 Å². The standard InChI is InChI=1S/C16H25NO2/c1-6-9-17-14(10-12(2)3)13-7-8-15(18-4)16(11-13)19-5/h7-8,10-11,14,17H,6,9H2,1-5H3. The van der Waals surface area contributed by atoms with Gasteiger partial charge in [-0.2, -0.15) is 0 Å². The molecule has 106 valence electrons. The molecule has 0 spiro atoms. The molecule has 1 atom stereocenters. The maximum Gasteiger partial charge on any atom is 0.161 e. The fraction of sp³-hybridized carbons (Fsp3) is 0.500. The van der Waals surface area contributed by atoms with Gasteiger partial charge in [-0.3, -0.25) is 0 Å². The minimum absolute atomic E-state index is 0.213. The van der Waals surface area contributed by atoms with E-state index < -0.39 is 0 Å². The SMILES string of the molecule is CCCNC(C=C(C)C)c1ccc(OC)c(OC)c1. The average molecular weight is 263 g/mol. The molecule has 0 saturated carbocycles. The molecule has 0 aliphatic carbocycles. The summed E-state index contributed by atoms with van der Waals surface area (Å²) < 4.78 is 10.6. The molecule has 3 nitrogen and oxygen atoms in total. The monoisotopic (exact) mass is 263 g/mol. The number of hydrogen-bond donors (Lipinski definition) is 1. The van der Waals surface area contributed by atoms with Gasteiger partial charge in [0.05, 0.1) is 20.3 Å². The second kappa shape index (κ2) is 7.85. The van der Waals surface area contributed by atoms with Crippen LogP contribution in [0.25, 0.3) is 0 Å². The molecule has 1 aromatic rings. The molecule has 0 aromatic heterocycles. The number of ether oxygens (including phenoxy) is 2. The van der Waals surface area contributed by atoms with Crippen molar-refractivity contribution in [2.24, 2.45) is 0 Å². The number of rotatable bonds is 7. The number of benzene rings is 1. The van der Waals surface area contributed by atoms with Crippen LogP contribution in [-0.2, 0) is 0 Å². The van der Waals surface area contributed by atoms with Gasteiger partial charge < -0.3 is 14.8 Å². The van der Waals surface area contributed by atoms with Gasteiger partial charge in [0, 0.05) is 0 Å². The van der Waals surface area contributed by atoms with Crippen LogP contribution in [0.5, 0.6) is 11.5 Å². The third-order valence-corrected chi connectivity index (χ3v) is 2.88. The summed E-state index contributed by atoms with van der Waals surface area (Å²) in [6, 6.07) is 6.28. The van der Waals surface area contributed by atoms with Gasteiger partial charge in [0.2, 0.25) is 0 Å². The summed E-state index contributed by atoms with van der Waals surface area (Å²) in [6.07, 6.45) is 3.34. The zero-order valence-corrected chi connectivity index (χ0v) is 12.6. The van der Waals surface area contributed by atoms with E-state index in [0.717, 1.165) is 24.5 Å². The number of methoxy groups -OCH3 is 2. The molecule has 0 fully saturated rings. The van der Waals surface area contributed by atoms with E-state index in [-0.39, 0.29) is 6.04 Å². The lowest BCUT2D eigenvalue weighted by Crippen LogP contribution is -2.20. The maximum atomic E-state index is 5.36. The lowest BCUT2D eigenvalue weighted by atomic mass is 10.0. The Hall–Kier alpha value is -1.48. The average Bonchev–Trinajstić information content (AvgIpc) is 2.42. The zero-order valence-electron chi connectivity index (χ0n) is 12.6. The van der Waals surface area contributed by atoms with Crippen LogP contribution < -0.4 is 14.8 Å². The van der Waals surface area contributed by atoms with Crippen LogP contribution >= 0.6 is 0 Å². The Morgan fingerprint density at radius 2 is 1.89 bits per heavy atom. The molecule has 0 radical (unpaired) electrons.